The molecule has 0 aromatic carbocycles. The molecule has 5 nitrogen and oxygen atoms in total. The van der Waals surface area contributed by atoms with E-state index in [0.29, 0.717) is 6.61 Å². The Labute approximate surface area is 116 Å². The Hall–Kier alpha value is -0.650. The smallest absolute Gasteiger partial charge is 0.248 e. The minimum atomic E-state index is -0.194. The zero-order chi connectivity index (χ0) is 13.7. The first-order valence-electron chi connectivity index (χ1n) is 7.42. The molecule has 2 aliphatic rings. The molecule has 2 N–H and O–H groups in total. The number of hydrogen-bond donors (Lipinski definition) is 1. The van der Waals surface area contributed by atoms with E-state index in [1.165, 1.54) is 19.3 Å². The molecule has 1 heterocycles. The van der Waals surface area contributed by atoms with Gasteiger partial charge in [-0.05, 0) is 19.9 Å². The molecule has 0 radical (unpaired) electrons. The molecule has 110 valence electrons. The SMILES string of the molecule is CN1CCN(C(=O)COCC2(N)CCCCC2)CC1. The Bertz CT molecular complexity index is 295. The van der Waals surface area contributed by atoms with Crippen LogP contribution in [-0.4, -0.2) is 67.7 Å². The van der Waals surface area contributed by atoms with Gasteiger partial charge >= 0.3 is 0 Å². The van der Waals surface area contributed by atoms with Crippen molar-refractivity contribution in [3.05, 3.63) is 0 Å². The highest BCUT2D eigenvalue weighted by Gasteiger charge is 2.28. The Morgan fingerprint density at radius 1 is 1.16 bits per heavy atom. The molecule has 0 bridgehead atoms. The summed E-state index contributed by atoms with van der Waals surface area (Å²) in [5.74, 6) is 0.104. The van der Waals surface area contributed by atoms with Gasteiger partial charge in [0.15, 0.2) is 0 Å². The average molecular weight is 269 g/mol. The van der Waals surface area contributed by atoms with E-state index in [4.69, 9.17) is 10.5 Å². The van der Waals surface area contributed by atoms with Crippen molar-refractivity contribution in [2.45, 2.75) is 37.6 Å². The van der Waals surface area contributed by atoms with Crippen molar-refractivity contribution in [2.24, 2.45) is 5.73 Å². The third-order valence-electron chi connectivity index (χ3n) is 4.32. The van der Waals surface area contributed by atoms with Crippen LogP contribution in [0.15, 0.2) is 0 Å². The summed E-state index contributed by atoms with van der Waals surface area (Å²) in [6, 6.07) is 0. The van der Waals surface area contributed by atoms with Crippen LogP contribution >= 0.6 is 0 Å². The highest BCUT2D eigenvalue weighted by atomic mass is 16.5. The number of amides is 1. The fraction of sp³-hybridized carbons (Fsp3) is 0.929. The minimum Gasteiger partial charge on any atom is -0.370 e. The lowest BCUT2D eigenvalue weighted by Crippen LogP contribution is -2.49. The van der Waals surface area contributed by atoms with Crippen LogP contribution in [0.25, 0.3) is 0 Å². The van der Waals surface area contributed by atoms with Gasteiger partial charge in [-0.1, -0.05) is 19.3 Å². The third kappa shape index (κ3) is 4.44. The molecule has 0 aromatic rings. The minimum absolute atomic E-state index is 0.104. The van der Waals surface area contributed by atoms with Gasteiger partial charge in [-0.2, -0.15) is 0 Å². The first kappa shape index (κ1) is 14.8. The molecule has 2 rings (SSSR count). The molecular weight excluding hydrogens is 242 g/mol. The molecule has 5 heteroatoms. The molecule has 1 saturated heterocycles. The predicted octanol–water partition coefficient (Wildman–Crippen LogP) is 0.439. The maximum absolute atomic E-state index is 12.0. The number of carbonyl (C=O) groups excluding carboxylic acids is 1. The van der Waals surface area contributed by atoms with Gasteiger partial charge in [0.25, 0.3) is 0 Å². The molecule has 1 aliphatic heterocycles. The summed E-state index contributed by atoms with van der Waals surface area (Å²) in [4.78, 5) is 16.1. The van der Waals surface area contributed by atoms with Crippen LogP contribution in [0.2, 0.25) is 0 Å². The summed E-state index contributed by atoms with van der Waals surface area (Å²) >= 11 is 0. The number of carbonyl (C=O) groups is 1. The van der Waals surface area contributed by atoms with E-state index in [2.05, 4.69) is 11.9 Å². The number of nitrogens with two attached hydrogens (primary N) is 1. The van der Waals surface area contributed by atoms with Gasteiger partial charge in [0.05, 0.1) is 6.61 Å². The van der Waals surface area contributed by atoms with E-state index in [-0.39, 0.29) is 18.1 Å². The lowest BCUT2D eigenvalue weighted by Gasteiger charge is -2.34. The number of hydrogen-bond acceptors (Lipinski definition) is 4. The lowest BCUT2D eigenvalue weighted by molar-refractivity contribution is -0.138. The van der Waals surface area contributed by atoms with Crippen molar-refractivity contribution < 1.29 is 9.53 Å². The van der Waals surface area contributed by atoms with E-state index >= 15 is 0 Å². The molecular formula is C14H27N3O2. The topological polar surface area (TPSA) is 58.8 Å². The van der Waals surface area contributed by atoms with Crippen LogP contribution in [-0.2, 0) is 9.53 Å². The summed E-state index contributed by atoms with van der Waals surface area (Å²) in [6.45, 7) is 4.23. The first-order chi connectivity index (χ1) is 9.09. The number of ether oxygens (including phenoxy) is 1. The molecule has 0 atom stereocenters. The molecule has 0 spiro atoms. The van der Waals surface area contributed by atoms with Crippen LogP contribution in [0.5, 0.6) is 0 Å². The van der Waals surface area contributed by atoms with E-state index < -0.39 is 0 Å². The molecule has 2 fully saturated rings. The van der Waals surface area contributed by atoms with Crippen LogP contribution in [0.1, 0.15) is 32.1 Å². The fourth-order valence-electron chi connectivity index (χ4n) is 2.89. The first-order valence-corrected chi connectivity index (χ1v) is 7.42. The Kier molecular flexibility index (Phi) is 5.19. The van der Waals surface area contributed by atoms with Crippen molar-refractivity contribution in [1.82, 2.24) is 9.80 Å². The number of likely N-dealkylation sites (N-methyl/N-ethyl adjacent to an activating group) is 1. The monoisotopic (exact) mass is 269 g/mol. The summed E-state index contributed by atoms with van der Waals surface area (Å²) in [6.07, 6.45) is 5.70. The highest BCUT2D eigenvalue weighted by Crippen LogP contribution is 2.25. The number of nitrogens with zero attached hydrogens (tertiary/aromatic N) is 2. The summed E-state index contributed by atoms with van der Waals surface area (Å²) in [5, 5.41) is 0. The summed E-state index contributed by atoms with van der Waals surface area (Å²) in [7, 11) is 2.08. The van der Waals surface area contributed by atoms with Gasteiger partial charge in [-0.25, -0.2) is 0 Å². The van der Waals surface area contributed by atoms with Crippen molar-refractivity contribution in [3.8, 4) is 0 Å². The van der Waals surface area contributed by atoms with Crippen molar-refractivity contribution in [2.75, 3.05) is 46.4 Å². The van der Waals surface area contributed by atoms with E-state index in [1.807, 2.05) is 4.90 Å². The van der Waals surface area contributed by atoms with Crippen LogP contribution in [0.4, 0.5) is 0 Å². The van der Waals surface area contributed by atoms with Crippen LogP contribution in [0, 0.1) is 0 Å². The van der Waals surface area contributed by atoms with Crippen molar-refractivity contribution in [1.29, 1.82) is 0 Å². The molecule has 1 saturated carbocycles. The van der Waals surface area contributed by atoms with Gasteiger partial charge in [0, 0.05) is 31.7 Å². The normalized spacial score (nSPS) is 24.4. The third-order valence-corrected chi connectivity index (χ3v) is 4.32. The average Bonchev–Trinajstić information content (AvgIpc) is 2.40. The second-order valence-electron chi connectivity index (χ2n) is 6.10. The van der Waals surface area contributed by atoms with E-state index in [9.17, 15) is 4.79 Å². The van der Waals surface area contributed by atoms with Gasteiger partial charge in [-0.15, -0.1) is 0 Å². The van der Waals surface area contributed by atoms with Gasteiger partial charge in [0.1, 0.15) is 6.61 Å². The van der Waals surface area contributed by atoms with Crippen LogP contribution in [0.3, 0.4) is 0 Å². The second-order valence-corrected chi connectivity index (χ2v) is 6.10. The predicted molar refractivity (Wildman–Crippen MR) is 74.9 cm³/mol. The molecule has 0 unspecified atom stereocenters. The Morgan fingerprint density at radius 3 is 2.42 bits per heavy atom. The highest BCUT2D eigenvalue weighted by molar-refractivity contribution is 5.77. The lowest BCUT2D eigenvalue weighted by atomic mass is 9.83. The van der Waals surface area contributed by atoms with Gasteiger partial charge in [0.2, 0.25) is 5.91 Å². The van der Waals surface area contributed by atoms with E-state index in [1.54, 1.807) is 0 Å². The van der Waals surface area contributed by atoms with Crippen LogP contribution < -0.4 is 5.73 Å². The quantitative estimate of drug-likeness (QED) is 0.804. The Balaban J connectivity index is 1.66. The summed E-state index contributed by atoms with van der Waals surface area (Å²) in [5.41, 5.74) is 6.09. The number of piperazine rings is 1. The zero-order valence-corrected chi connectivity index (χ0v) is 12.1. The molecule has 1 amide bonds. The summed E-state index contributed by atoms with van der Waals surface area (Å²) < 4.78 is 5.59. The van der Waals surface area contributed by atoms with Crippen molar-refractivity contribution >= 4 is 5.91 Å². The second kappa shape index (κ2) is 6.68. The van der Waals surface area contributed by atoms with E-state index in [0.717, 1.165) is 39.0 Å². The molecule has 0 aromatic heterocycles. The standard InChI is InChI=1S/C14H27N3O2/c1-16-7-9-17(10-8-16)13(18)11-19-12-14(15)5-3-2-4-6-14/h2-12,15H2,1H3. The molecule has 19 heavy (non-hydrogen) atoms. The van der Waals surface area contributed by atoms with Gasteiger partial charge < -0.3 is 20.3 Å². The fourth-order valence-corrected chi connectivity index (χ4v) is 2.89. The number of rotatable bonds is 4. The Morgan fingerprint density at radius 2 is 1.79 bits per heavy atom. The zero-order valence-electron chi connectivity index (χ0n) is 12.1. The largest absolute Gasteiger partial charge is 0.370 e. The van der Waals surface area contributed by atoms with Gasteiger partial charge in [-0.3, -0.25) is 4.79 Å². The maximum atomic E-state index is 12.0. The van der Waals surface area contributed by atoms with Crippen molar-refractivity contribution in [3.63, 3.8) is 0 Å². The molecule has 1 aliphatic carbocycles. The maximum Gasteiger partial charge on any atom is 0.248 e.